The highest BCUT2D eigenvalue weighted by atomic mass is 79.9. The van der Waals surface area contributed by atoms with Gasteiger partial charge in [0.15, 0.2) is 6.61 Å². The molecule has 2 N–H and O–H groups in total. The Morgan fingerprint density at radius 3 is 2.95 bits per heavy atom. The Morgan fingerprint density at radius 2 is 2.26 bits per heavy atom. The van der Waals surface area contributed by atoms with Crippen LogP contribution < -0.4 is 5.73 Å². The van der Waals surface area contributed by atoms with Gasteiger partial charge in [-0.25, -0.2) is 13.8 Å². The summed E-state index contributed by atoms with van der Waals surface area (Å²) in [5, 5.41) is 0. The molecule has 0 saturated carbocycles. The number of halogens is 3. The highest BCUT2D eigenvalue weighted by molar-refractivity contribution is 9.10. The van der Waals surface area contributed by atoms with Crippen LogP contribution in [0.3, 0.4) is 0 Å². The fraction of sp³-hybridized carbons (Fsp3) is 0.462. The zero-order chi connectivity index (χ0) is 14.0. The molecular weight excluding hydrogens is 318 g/mol. The van der Waals surface area contributed by atoms with Crippen molar-refractivity contribution in [3.05, 3.63) is 33.8 Å². The summed E-state index contributed by atoms with van der Waals surface area (Å²) in [4.78, 5) is 3.79. The van der Waals surface area contributed by atoms with Gasteiger partial charge in [-0.2, -0.15) is 0 Å². The van der Waals surface area contributed by atoms with E-state index < -0.39 is 18.6 Å². The summed E-state index contributed by atoms with van der Waals surface area (Å²) in [6, 6.07) is 3.92. The summed E-state index contributed by atoms with van der Waals surface area (Å²) in [6.45, 7) is 1.27. The topological polar surface area (TPSA) is 47.6 Å². The first kappa shape index (κ1) is 14.2. The van der Waals surface area contributed by atoms with E-state index in [4.69, 9.17) is 5.73 Å². The molecule has 0 aliphatic carbocycles. The maximum absolute atomic E-state index is 14.0. The zero-order valence-electron chi connectivity index (χ0n) is 10.5. The summed E-state index contributed by atoms with van der Waals surface area (Å²) < 4.78 is 33.3. The molecule has 2 rings (SSSR count). The first-order valence-electron chi connectivity index (χ1n) is 6.06. The number of nitrogens with zero attached hydrogens (tertiary/aromatic N) is 1. The largest absolute Gasteiger partial charge is 0.459 e. The Morgan fingerprint density at radius 1 is 1.53 bits per heavy atom. The molecular formula is C13H15BrF2N2O. The lowest BCUT2D eigenvalue weighted by atomic mass is 9.93. The van der Waals surface area contributed by atoms with E-state index in [1.54, 1.807) is 6.07 Å². The third-order valence-corrected chi connectivity index (χ3v) is 3.48. The van der Waals surface area contributed by atoms with E-state index in [2.05, 4.69) is 25.7 Å². The molecule has 1 aliphatic rings. The Labute approximate surface area is 119 Å². The predicted molar refractivity (Wildman–Crippen MR) is 73.4 cm³/mol. The van der Waals surface area contributed by atoms with Gasteiger partial charge in [0.2, 0.25) is 0 Å². The molecule has 1 unspecified atom stereocenters. The molecule has 104 valence electrons. The molecule has 1 aliphatic heterocycles. The van der Waals surface area contributed by atoms with Crippen molar-refractivity contribution < 1.29 is 13.5 Å². The van der Waals surface area contributed by atoms with Crippen LogP contribution in [0.4, 0.5) is 8.78 Å². The Hall–Kier alpha value is -1.17. The van der Waals surface area contributed by atoms with Crippen LogP contribution in [0.5, 0.6) is 0 Å². The van der Waals surface area contributed by atoms with Crippen LogP contribution in [0.25, 0.3) is 0 Å². The average Bonchev–Trinajstić information content (AvgIpc) is 2.35. The zero-order valence-corrected chi connectivity index (χ0v) is 12.1. The summed E-state index contributed by atoms with van der Waals surface area (Å²) in [5.41, 5.74) is 6.80. The number of rotatable bonds is 3. The van der Waals surface area contributed by atoms with Crippen molar-refractivity contribution in [3.63, 3.8) is 0 Å². The quantitative estimate of drug-likeness (QED) is 0.921. The third kappa shape index (κ3) is 3.05. The number of ether oxygens (including phenoxy) is 1. The van der Waals surface area contributed by atoms with Gasteiger partial charge >= 0.3 is 5.92 Å². The van der Waals surface area contributed by atoms with Crippen molar-refractivity contribution in [2.75, 3.05) is 6.61 Å². The van der Waals surface area contributed by atoms with Gasteiger partial charge in [-0.1, -0.05) is 35.3 Å². The lowest BCUT2D eigenvalue weighted by Gasteiger charge is -2.29. The van der Waals surface area contributed by atoms with Crippen LogP contribution in [-0.4, -0.2) is 18.6 Å². The minimum absolute atomic E-state index is 0.182. The van der Waals surface area contributed by atoms with E-state index in [0.29, 0.717) is 5.56 Å². The summed E-state index contributed by atoms with van der Waals surface area (Å²) in [5.74, 6) is -3.05. The summed E-state index contributed by atoms with van der Waals surface area (Å²) in [7, 11) is 0. The van der Waals surface area contributed by atoms with E-state index >= 15 is 0 Å². The Balaban J connectivity index is 2.49. The van der Waals surface area contributed by atoms with Crippen molar-refractivity contribution >= 4 is 22.0 Å². The van der Waals surface area contributed by atoms with E-state index in [0.717, 1.165) is 22.9 Å². The van der Waals surface area contributed by atoms with Gasteiger partial charge in [-0.05, 0) is 29.7 Å². The van der Waals surface area contributed by atoms with Crippen molar-refractivity contribution in [2.45, 2.75) is 31.7 Å². The number of aryl methyl sites for hydroxylation is 1. The van der Waals surface area contributed by atoms with E-state index in [-0.39, 0.29) is 6.02 Å². The van der Waals surface area contributed by atoms with Crippen LogP contribution in [0.1, 0.15) is 30.5 Å². The van der Waals surface area contributed by atoms with Gasteiger partial charge in [0.05, 0.1) is 0 Å². The highest BCUT2D eigenvalue weighted by Crippen LogP contribution is 2.40. The molecule has 0 spiro atoms. The standard InChI is InChI=1S/C13H15BrF2N2O/c1-2-3-8-4-5-9(14)6-10(8)11-13(15,16)7-19-12(17)18-11/h4-6,11H,2-3,7H2,1H3,(H2,17,18). The second kappa shape index (κ2) is 5.45. The molecule has 0 bridgehead atoms. The third-order valence-electron chi connectivity index (χ3n) is 2.99. The molecule has 1 heterocycles. The smallest absolute Gasteiger partial charge is 0.307 e. The molecule has 0 fully saturated rings. The van der Waals surface area contributed by atoms with E-state index in [9.17, 15) is 8.78 Å². The van der Waals surface area contributed by atoms with Gasteiger partial charge in [0, 0.05) is 4.47 Å². The van der Waals surface area contributed by atoms with E-state index in [1.807, 2.05) is 19.1 Å². The minimum Gasteiger partial charge on any atom is -0.459 e. The maximum Gasteiger partial charge on any atom is 0.307 e. The number of hydrogen-bond donors (Lipinski definition) is 1. The van der Waals surface area contributed by atoms with Crippen LogP contribution in [0.15, 0.2) is 27.7 Å². The van der Waals surface area contributed by atoms with Gasteiger partial charge in [0.25, 0.3) is 6.02 Å². The number of benzene rings is 1. The van der Waals surface area contributed by atoms with Crippen molar-refractivity contribution in [1.82, 2.24) is 0 Å². The molecule has 6 heteroatoms. The molecule has 1 aromatic carbocycles. The van der Waals surface area contributed by atoms with Crippen molar-refractivity contribution in [2.24, 2.45) is 10.7 Å². The number of amidine groups is 1. The molecule has 1 atom stereocenters. The van der Waals surface area contributed by atoms with E-state index in [1.165, 1.54) is 0 Å². The molecule has 3 nitrogen and oxygen atoms in total. The van der Waals surface area contributed by atoms with Crippen LogP contribution in [0, 0.1) is 0 Å². The average molecular weight is 333 g/mol. The monoisotopic (exact) mass is 332 g/mol. The SMILES string of the molecule is CCCc1ccc(Br)cc1C1N=C(N)OCC1(F)F. The first-order chi connectivity index (χ1) is 8.94. The number of nitrogens with two attached hydrogens (primary N) is 1. The molecule has 0 radical (unpaired) electrons. The second-order valence-corrected chi connectivity index (χ2v) is 5.43. The Kier molecular flexibility index (Phi) is 4.08. The van der Waals surface area contributed by atoms with Gasteiger partial charge < -0.3 is 10.5 Å². The number of aliphatic imine (C=N–C) groups is 1. The van der Waals surface area contributed by atoms with Crippen molar-refractivity contribution in [1.29, 1.82) is 0 Å². The van der Waals surface area contributed by atoms with Crippen LogP contribution in [0.2, 0.25) is 0 Å². The summed E-state index contributed by atoms with van der Waals surface area (Å²) >= 11 is 3.31. The molecule has 0 amide bonds. The number of alkyl halides is 2. The molecule has 19 heavy (non-hydrogen) atoms. The lowest BCUT2D eigenvalue weighted by Crippen LogP contribution is -2.40. The Bertz CT molecular complexity index is 505. The summed E-state index contributed by atoms with van der Waals surface area (Å²) in [6.07, 6.45) is 1.61. The fourth-order valence-electron chi connectivity index (χ4n) is 2.12. The predicted octanol–water partition coefficient (Wildman–Crippen LogP) is 3.42. The maximum atomic E-state index is 14.0. The van der Waals surface area contributed by atoms with Crippen molar-refractivity contribution in [3.8, 4) is 0 Å². The fourth-order valence-corrected chi connectivity index (χ4v) is 2.50. The molecule has 0 saturated heterocycles. The molecule has 0 aromatic heterocycles. The number of hydrogen-bond acceptors (Lipinski definition) is 3. The minimum atomic E-state index is -3.05. The lowest BCUT2D eigenvalue weighted by molar-refractivity contribution is -0.0783. The normalized spacial score (nSPS) is 21.7. The molecule has 1 aromatic rings. The second-order valence-electron chi connectivity index (χ2n) is 4.51. The van der Waals surface area contributed by atoms with Crippen LogP contribution >= 0.6 is 15.9 Å². The van der Waals surface area contributed by atoms with Gasteiger partial charge in [-0.3, -0.25) is 0 Å². The highest BCUT2D eigenvalue weighted by Gasteiger charge is 2.45. The van der Waals surface area contributed by atoms with Gasteiger partial charge in [0.1, 0.15) is 6.04 Å². The first-order valence-corrected chi connectivity index (χ1v) is 6.85. The van der Waals surface area contributed by atoms with Gasteiger partial charge in [-0.15, -0.1) is 0 Å². The van der Waals surface area contributed by atoms with Crippen LogP contribution in [-0.2, 0) is 11.2 Å².